The molecular weight excluding hydrogens is 64.0 g/mol. The van der Waals surface area contributed by atoms with Gasteiger partial charge in [-0.15, -0.1) is 6.58 Å². The van der Waals surface area contributed by atoms with Crippen molar-refractivity contribution in [1.29, 1.82) is 5.53 Å². The number of hydrogen-bond acceptors (Lipinski definition) is 2. The van der Waals surface area contributed by atoms with Crippen molar-refractivity contribution in [3.63, 3.8) is 0 Å². The van der Waals surface area contributed by atoms with Gasteiger partial charge in [0.05, 0.1) is 0 Å². The molecule has 0 aliphatic carbocycles. The molecule has 0 heterocycles. The normalized spacial score (nSPS) is 6.40. The predicted molar refractivity (Wildman–Crippen MR) is 19.6 cm³/mol. The molecule has 0 aliphatic rings. The van der Waals surface area contributed by atoms with E-state index in [4.69, 9.17) is 5.53 Å². The van der Waals surface area contributed by atoms with E-state index in [2.05, 4.69) is 11.7 Å². The molecule has 0 bridgehead atoms. The Morgan fingerprint density at radius 2 is 2.40 bits per heavy atom. The van der Waals surface area contributed by atoms with Crippen LogP contribution in [0.1, 0.15) is 0 Å². The zero-order chi connectivity index (χ0) is 4.12. The van der Waals surface area contributed by atoms with Crippen LogP contribution in [-0.2, 0) is 0 Å². The van der Waals surface area contributed by atoms with E-state index < -0.39 is 0 Å². The Bertz CT molecular complexity index is 34.2. The second kappa shape index (κ2) is 3.34. The first kappa shape index (κ1) is 4.34. The highest BCUT2D eigenvalue weighted by Crippen LogP contribution is 1.71. The highest BCUT2D eigenvalue weighted by Gasteiger charge is 1.56. The van der Waals surface area contributed by atoms with Gasteiger partial charge in [-0.3, -0.25) is 0 Å². The third-order valence-corrected chi connectivity index (χ3v) is 0.180. The minimum absolute atomic E-state index is 1.31. The van der Waals surface area contributed by atoms with Crippen LogP contribution in [0.2, 0.25) is 0 Å². The molecule has 2 heteroatoms. The van der Waals surface area contributed by atoms with Crippen molar-refractivity contribution in [3.05, 3.63) is 19.2 Å². The van der Waals surface area contributed by atoms with Gasteiger partial charge in [0.15, 0.2) is 0 Å². The Morgan fingerprint density at radius 1 is 1.80 bits per heavy atom. The van der Waals surface area contributed by atoms with E-state index in [1.807, 2.05) is 0 Å². The topological polar surface area (TPSA) is 36.2 Å². The number of nitrogens with zero attached hydrogens (tertiary/aromatic N) is 1. The van der Waals surface area contributed by atoms with Gasteiger partial charge < -0.3 is 0 Å². The average Bonchev–Trinajstić information content (AvgIpc) is 1.41. The van der Waals surface area contributed by atoms with Crippen molar-refractivity contribution in [1.82, 2.24) is 0 Å². The van der Waals surface area contributed by atoms with Crippen LogP contribution in [-0.4, -0.2) is 0 Å². The Labute approximate surface area is 31.0 Å². The van der Waals surface area contributed by atoms with E-state index in [1.165, 1.54) is 12.6 Å². The number of rotatable bonds is 2. The van der Waals surface area contributed by atoms with Gasteiger partial charge in [-0.25, -0.2) is 5.53 Å². The quantitative estimate of drug-likeness (QED) is 0.475. The summed E-state index contributed by atoms with van der Waals surface area (Å²) >= 11 is 0. The summed E-state index contributed by atoms with van der Waals surface area (Å²) in [7, 11) is 0. The van der Waals surface area contributed by atoms with E-state index in [9.17, 15) is 0 Å². The van der Waals surface area contributed by atoms with Gasteiger partial charge >= 0.3 is 0 Å². The lowest BCUT2D eigenvalue weighted by atomic mass is 10.7. The van der Waals surface area contributed by atoms with Crippen LogP contribution in [0.25, 0.3) is 0 Å². The van der Waals surface area contributed by atoms with E-state index in [0.29, 0.717) is 0 Å². The molecule has 0 spiro atoms. The maximum atomic E-state index is 6.10. The van der Waals surface area contributed by atoms with Crippen LogP contribution in [0.5, 0.6) is 0 Å². The summed E-state index contributed by atoms with van der Waals surface area (Å²) in [5, 5.41) is 2.86. The summed E-state index contributed by atoms with van der Waals surface area (Å²) in [6, 6.07) is 0. The molecule has 0 atom stereocenters. The van der Waals surface area contributed by atoms with Crippen LogP contribution >= 0.6 is 0 Å². The Balaban J connectivity index is 2.65. The zero-order valence-corrected chi connectivity index (χ0v) is 2.81. The van der Waals surface area contributed by atoms with Gasteiger partial charge in [0.2, 0.25) is 0 Å². The van der Waals surface area contributed by atoms with Gasteiger partial charge in [0.25, 0.3) is 0 Å². The summed E-state index contributed by atoms with van der Waals surface area (Å²) in [4.78, 5) is 0. The summed E-state index contributed by atoms with van der Waals surface area (Å²) in [6.45, 7) is 4.59. The van der Waals surface area contributed by atoms with Crippen LogP contribution < -0.4 is 0 Å². The fourth-order valence-electron chi connectivity index (χ4n) is 0.0527. The number of nitrogens with one attached hydrogen (secondary N) is 1. The van der Waals surface area contributed by atoms with Gasteiger partial charge in [0.1, 0.15) is 6.54 Å². The monoisotopic (exact) mass is 69.0 g/mol. The fourth-order valence-corrected chi connectivity index (χ4v) is 0.0527. The minimum atomic E-state index is 1.31. The van der Waals surface area contributed by atoms with Crippen LogP contribution in [0.4, 0.5) is 0 Å². The van der Waals surface area contributed by atoms with Crippen LogP contribution in [0, 0.1) is 12.1 Å². The molecule has 0 unspecified atom stereocenters. The third kappa shape index (κ3) is 3.34. The fraction of sp³-hybridized carbons (Fsp3) is 0. The lowest BCUT2D eigenvalue weighted by Gasteiger charge is -1.62. The van der Waals surface area contributed by atoms with Crippen LogP contribution in [0.15, 0.2) is 17.8 Å². The molecule has 2 nitrogen and oxygen atoms in total. The minimum Gasteiger partial charge on any atom is -0.209 e. The summed E-state index contributed by atoms with van der Waals surface area (Å²) in [6.07, 6.45) is 1.45. The molecule has 0 aromatic heterocycles. The van der Waals surface area contributed by atoms with Crippen molar-refractivity contribution in [2.75, 3.05) is 0 Å². The third-order valence-electron chi connectivity index (χ3n) is 0.180. The zero-order valence-electron chi connectivity index (χ0n) is 2.81. The second-order valence-electron chi connectivity index (χ2n) is 0.514. The Hall–Kier alpha value is -0.660. The van der Waals surface area contributed by atoms with Crippen molar-refractivity contribution in [2.24, 2.45) is 5.11 Å². The van der Waals surface area contributed by atoms with Crippen molar-refractivity contribution in [3.8, 4) is 0 Å². The van der Waals surface area contributed by atoms with Gasteiger partial charge in [-0.2, -0.15) is 5.11 Å². The van der Waals surface area contributed by atoms with Gasteiger partial charge in [0, 0.05) is 0 Å². The smallest absolute Gasteiger partial charge is 0.116 e. The molecule has 0 aliphatic heterocycles. The summed E-state index contributed by atoms with van der Waals surface area (Å²) in [5.74, 6) is 0. The molecular formula is C3H5N2. The Morgan fingerprint density at radius 3 is 2.40 bits per heavy atom. The Kier molecular flexibility index (Phi) is 2.90. The maximum absolute atomic E-state index is 6.10. The molecule has 0 rings (SSSR count). The molecule has 0 saturated heterocycles. The highest BCUT2D eigenvalue weighted by molar-refractivity contribution is 4.80. The first-order chi connectivity index (χ1) is 2.41. The number of hydrogen-bond donors (Lipinski definition) is 1. The van der Waals surface area contributed by atoms with Crippen molar-refractivity contribution < 1.29 is 0 Å². The maximum Gasteiger partial charge on any atom is 0.116 e. The molecule has 27 valence electrons. The standard InChI is InChI=1S/C3H5N2/c1-2-3-5-4/h2-4H,1H2. The molecule has 0 saturated carbocycles. The molecule has 0 aromatic carbocycles. The van der Waals surface area contributed by atoms with Gasteiger partial charge in [-0.1, -0.05) is 6.08 Å². The predicted octanol–water partition coefficient (Wildman–Crippen LogP) is 1.37. The SMILES string of the molecule is C=C[CH]N=N. The first-order valence-electron chi connectivity index (χ1n) is 1.22. The molecule has 1 N–H and O–H groups in total. The first-order valence-corrected chi connectivity index (χ1v) is 1.22. The molecule has 0 aromatic rings. The average molecular weight is 69.1 g/mol. The summed E-state index contributed by atoms with van der Waals surface area (Å²) < 4.78 is 0. The summed E-state index contributed by atoms with van der Waals surface area (Å²) in [5.41, 5.74) is 6.10. The van der Waals surface area contributed by atoms with Crippen molar-refractivity contribution in [2.45, 2.75) is 0 Å². The molecule has 5 heavy (non-hydrogen) atoms. The van der Waals surface area contributed by atoms with E-state index >= 15 is 0 Å². The molecule has 0 fully saturated rings. The van der Waals surface area contributed by atoms with Crippen LogP contribution in [0.3, 0.4) is 0 Å². The molecule has 0 amide bonds. The largest absolute Gasteiger partial charge is 0.209 e. The van der Waals surface area contributed by atoms with E-state index in [1.54, 1.807) is 0 Å². The lowest BCUT2D eigenvalue weighted by molar-refractivity contribution is 1.09. The molecule has 1 radical (unpaired) electrons. The van der Waals surface area contributed by atoms with E-state index in [0.717, 1.165) is 0 Å². The van der Waals surface area contributed by atoms with Crippen molar-refractivity contribution >= 4 is 0 Å². The lowest BCUT2D eigenvalue weighted by Crippen LogP contribution is -1.45. The highest BCUT2D eigenvalue weighted by atomic mass is 14.9. The van der Waals surface area contributed by atoms with Gasteiger partial charge in [-0.05, 0) is 0 Å². The van der Waals surface area contributed by atoms with E-state index in [-0.39, 0.29) is 0 Å². The second-order valence-corrected chi connectivity index (χ2v) is 0.514.